The molecule has 0 unspecified atom stereocenters. The predicted molar refractivity (Wildman–Crippen MR) is 124 cm³/mol. The first-order valence-electron chi connectivity index (χ1n) is 11.2. The lowest BCUT2D eigenvalue weighted by Gasteiger charge is -2.18. The number of halogens is 2. The molecule has 3 aromatic rings. The van der Waals surface area contributed by atoms with E-state index >= 15 is 0 Å². The second kappa shape index (κ2) is 9.57. The summed E-state index contributed by atoms with van der Waals surface area (Å²) in [5.41, 5.74) is 0.909. The molecule has 3 heterocycles. The van der Waals surface area contributed by atoms with Gasteiger partial charge in [0.05, 0.1) is 13.0 Å². The molecule has 10 heteroatoms. The van der Waals surface area contributed by atoms with Crippen LogP contribution in [0.5, 0.6) is 17.2 Å². The maximum absolute atomic E-state index is 14.8. The molecule has 35 heavy (non-hydrogen) atoms. The van der Waals surface area contributed by atoms with Gasteiger partial charge in [-0.05, 0) is 48.4 Å². The van der Waals surface area contributed by atoms with E-state index in [1.54, 1.807) is 18.3 Å². The van der Waals surface area contributed by atoms with Gasteiger partial charge in [0.15, 0.2) is 23.1 Å². The maximum Gasteiger partial charge on any atom is 0.331 e. The summed E-state index contributed by atoms with van der Waals surface area (Å²) in [6.45, 7) is 1.69. The molecule has 2 aliphatic rings. The molecular weight excluding hydrogens is 458 g/mol. The molecule has 0 atom stereocenters. The van der Waals surface area contributed by atoms with Crippen LogP contribution in [0, 0.1) is 11.6 Å². The number of nitrogens with zero attached hydrogens (tertiary/aromatic N) is 3. The number of urea groups is 1. The fourth-order valence-corrected chi connectivity index (χ4v) is 3.98. The number of ether oxygens (including phenoxy) is 2. The van der Waals surface area contributed by atoms with E-state index in [2.05, 4.69) is 10.3 Å². The Morgan fingerprint density at radius 2 is 1.91 bits per heavy atom. The first-order valence-corrected chi connectivity index (χ1v) is 11.2. The number of carbonyl (C=O) groups excluding carboxylic acids is 2. The number of pyridine rings is 1. The molecular formula is C25H22F2N4O4. The average molecular weight is 480 g/mol. The second-order valence-electron chi connectivity index (χ2n) is 8.12. The molecule has 2 aliphatic heterocycles. The van der Waals surface area contributed by atoms with E-state index in [-0.39, 0.29) is 18.7 Å². The van der Waals surface area contributed by atoms with Crippen LogP contribution in [0.25, 0.3) is 0 Å². The first kappa shape index (κ1) is 22.6. The van der Waals surface area contributed by atoms with E-state index in [0.29, 0.717) is 48.3 Å². The van der Waals surface area contributed by atoms with Gasteiger partial charge in [0.1, 0.15) is 5.82 Å². The Bertz CT molecular complexity index is 1270. The quantitative estimate of drug-likeness (QED) is 0.584. The van der Waals surface area contributed by atoms with Crippen LogP contribution >= 0.6 is 0 Å². The third-order valence-corrected chi connectivity index (χ3v) is 5.75. The summed E-state index contributed by atoms with van der Waals surface area (Å²) >= 11 is 0. The zero-order chi connectivity index (χ0) is 24.4. The Morgan fingerprint density at radius 1 is 1.09 bits per heavy atom. The second-order valence-corrected chi connectivity index (χ2v) is 8.12. The van der Waals surface area contributed by atoms with Crippen molar-refractivity contribution in [3.8, 4) is 17.2 Å². The molecule has 0 aliphatic carbocycles. The highest BCUT2D eigenvalue weighted by atomic mass is 19.1. The van der Waals surface area contributed by atoms with Crippen LogP contribution in [0.3, 0.4) is 0 Å². The van der Waals surface area contributed by atoms with E-state index in [1.807, 2.05) is 0 Å². The zero-order valence-electron chi connectivity index (χ0n) is 18.7. The Morgan fingerprint density at radius 3 is 2.71 bits per heavy atom. The van der Waals surface area contributed by atoms with Gasteiger partial charge >= 0.3 is 6.03 Å². The SMILES string of the molecule is O=C(Cc1ccc(Oc2ccnc3c2OCCCN3)c(F)c1)N1CCN(c2ccc(F)cc2)C1=O. The molecule has 1 fully saturated rings. The van der Waals surface area contributed by atoms with Crippen molar-refractivity contribution in [1.29, 1.82) is 0 Å². The van der Waals surface area contributed by atoms with Crippen molar-refractivity contribution in [2.45, 2.75) is 12.8 Å². The smallest absolute Gasteiger partial charge is 0.331 e. The van der Waals surface area contributed by atoms with E-state index in [0.717, 1.165) is 11.3 Å². The minimum atomic E-state index is -0.650. The number of aromatic nitrogens is 1. The van der Waals surface area contributed by atoms with Gasteiger partial charge in [-0.15, -0.1) is 0 Å². The number of amides is 3. The van der Waals surface area contributed by atoms with Crippen molar-refractivity contribution < 1.29 is 27.8 Å². The van der Waals surface area contributed by atoms with Gasteiger partial charge < -0.3 is 14.8 Å². The van der Waals surface area contributed by atoms with Crippen molar-refractivity contribution >= 4 is 23.4 Å². The van der Waals surface area contributed by atoms with Gasteiger partial charge in [-0.1, -0.05) is 6.07 Å². The molecule has 3 amide bonds. The highest BCUT2D eigenvalue weighted by Crippen LogP contribution is 2.38. The topological polar surface area (TPSA) is 84.0 Å². The molecule has 1 N–H and O–H groups in total. The zero-order valence-corrected chi connectivity index (χ0v) is 18.7. The molecule has 0 radical (unpaired) electrons. The average Bonchev–Trinajstić information content (AvgIpc) is 3.07. The van der Waals surface area contributed by atoms with Crippen molar-refractivity contribution in [2.75, 3.05) is 36.5 Å². The van der Waals surface area contributed by atoms with Gasteiger partial charge in [-0.2, -0.15) is 0 Å². The highest BCUT2D eigenvalue weighted by Gasteiger charge is 2.34. The fourth-order valence-electron chi connectivity index (χ4n) is 3.98. The van der Waals surface area contributed by atoms with Gasteiger partial charge in [0, 0.05) is 37.6 Å². The van der Waals surface area contributed by atoms with E-state index in [1.165, 1.54) is 41.3 Å². The Hall–Kier alpha value is -4.21. The summed E-state index contributed by atoms with van der Waals surface area (Å²) in [6, 6.07) is 10.8. The monoisotopic (exact) mass is 480 g/mol. The normalized spacial score (nSPS) is 15.2. The maximum atomic E-state index is 14.8. The van der Waals surface area contributed by atoms with Crippen LogP contribution in [-0.4, -0.2) is 48.1 Å². The Labute approximate surface area is 200 Å². The number of rotatable bonds is 5. The van der Waals surface area contributed by atoms with Crippen molar-refractivity contribution in [3.63, 3.8) is 0 Å². The number of nitrogens with one attached hydrogen (secondary N) is 1. The summed E-state index contributed by atoms with van der Waals surface area (Å²) in [4.78, 5) is 32.2. The predicted octanol–water partition coefficient (Wildman–Crippen LogP) is 4.36. The number of imide groups is 1. The summed E-state index contributed by atoms with van der Waals surface area (Å²) < 4.78 is 39.5. The van der Waals surface area contributed by atoms with Crippen LogP contribution in [0.1, 0.15) is 12.0 Å². The van der Waals surface area contributed by atoms with Gasteiger partial charge in [-0.25, -0.2) is 18.6 Å². The molecule has 0 saturated carbocycles. The van der Waals surface area contributed by atoms with Crippen molar-refractivity contribution in [3.05, 3.63) is 71.9 Å². The Kier molecular flexibility index (Phi) is 6.17. The van der Waals surface area contributed by atoms with Crippen LogP contribution in [-0.2, 0) is 11.2 Å². The van der Waals surface area contributed by atoms with Crippen LogP contribution in [0.4, 0.5) is 25.1 Å². The van der Waals surface area contributed by atoms with Crippen LogP contribution < -0.4 is 19.7 Å². The summed E-state index contributed by atoms with van der Waals surface area (Å²) in [5.74, 6) is -0.256. The number of carbonyl (C=O) groups is 2. The largest absolute Gasteiger partial charge is 0.486 e. The third-order valence-electron chi connectivity index (χ3n) is 5.75. The molecule has 0 spiro atoms. The number of hydrogen-bond donors (Lipinski definition) is 1. The fraction of sp³-hybridized carbons (Fsp3) is 0.240. The summed E-state index contributed by atoms with van der Waals surface area (Å²) in [5, 5.41) is 3.14. The molecule has 0 bridgehead atoms. The lowest BCUT2D eigenvalue weighted by atomic mass is 10.1. The lowest BCUT2D eigenvalue weighted by molar-refractivity contribution is -0.126. The summed E-state index contributed by atoms with van der Waals surface area (Å²) in [6.07, 6.45) is 2.19. The van der Waals surface area contributed by atoms with Crippen LogP contribution in [0.15, 0.2) is 54.7 Å². The van der Waals surface area contributed by atoms with E-state index in [4.69, 9.17) is 9.47 Å². The van der Waals surface area contributed by atoms with Gasteiger partial charge in [0.25, 0.3) is 0 Å². The highest BCUT2D eigenvalue weighted by molar-refractivity contribution is 6.05. The number of anilines is 2. The first-order chi connectivity index (χ1) is 17.0. The molecule has 1 aromatic heterocycles. The number of benzene rings is 2. The lowest BCUT2D eigenvalue weighted by Crippen LogP contribution is -2.37. The Balaban J connectivity index is 1.26. The molecule has 5 rings (SSSR count). The van der Waals surface area contributed by atoms with Crippen molar-refractivity contribution in [1.82, 2.24) is 9.88 Å². The van der Waals surface area contributed by atoms with Crippen LogP contribution in [0.2, 0.25) is 0 Å². The molecule has 1 saturated heterocycles. The minimum Gasteiger partial charge on any atom is -0.486 e. The minimum absolute atomic E-state index is 0.0258. The molecule has 8 nitrogen and oxygen atoms in total. The standard InChI is InChI=1S/C25H22F2N4O4/c26-17-3-5-18(6-4-17)30-11-12-31(25(30)33)22(32)15-16-2-7-20(19(27)14-16)35-21-8-10-29-24-23(21)34-13-1-9-28-24/h2-8,10,14H,1,9,11-13,15H2,(H,28,29). The van der Waals surface area contributed by atoms with E-state index in [9.17, 15) is 18.4 Å². The van der Waals surface area contributed by atoms with Crippen molar-refractivity contribution in [2.24, 2.45) is 0 Å². The molecule has 180 valence electrons. The number of hydrogen-bond acceptors (Lipinski definition) is 6. The van der Waals surface area contributed by atoms with Gasteiger partial charge in [0.2, 0.25) is 11.7 Å². The van der Waals surface area contributed by atoms with Gasteiger partial charge in [-0.3, -0.25) is 14.6 Å². The third kappa shape index (κ3) is 4.72. The number of fused-ring (bicyclic) bond motifs is 1. The van der Waals surface area contributed by atoms with E-state index < -0.39 is 23.6 Å². The summed E-state index contributed by atoms with van der Waals surface area (Å²) in [7, 11) is 0. The molecule has 2 aromatic carbocycles.